The molecule has 1 heterocycles. The van der Waals surface area contributed by atoms with Gasteiger partial charge >= 0.3 is 0 Å². The van der Waals surface area contributed by atoms with E-state index in [1.165, 1.54) is 0 Å². The SMILES string of the molecule is C[C@@H]1CN(C(=O)c2ccc(NC(=O)c3ccc(NS(=O)(=O)C(C)(C)C)cc3)cc2)C[C@H](C)O1. The van der Waals surface area contributed by atoms with Gasteiger partial charge in [0.15, 0.2) is 0 Å². The van der Waals surface area contributed by atoms with E-state index in [4.69, 9.17) is 4.74 Å². The number of morpholine rings is 1. The number of hydrogen-bond donors (Lipinski definition) is 2. The number of rotatable bonds is 5. The van der Waals surface area contributed by atoms with Crippen LogP contribution in [0.15, 0.2) is 48.5 Å². The zero-order valence-corrected chi connectivity index (χ0v) is 20.4. The fourth-order valence-corrected chi connectivity index (χ4v) is 4.18. The van der Waals surface area contributed by atoms with Crippen molar-refractivity contribution in [2.75, 3.05) is 23.1 Å². The van der Waals surface area contributed by atoms with Gasteiger partial charge in [-0.3, -0.25) is 14.3 Å². The Bertz CT molecular complexity index is 1100. The Hall–Kier alpha value is -2.91. The second-order valence-corrected chi connectivity index (χ2v) is 11.7. The second-order valence-electron chi connectivity index (χ2n) is 9.29. The van der Waals surface area contributed by atoms with Crippen molar-refractivity contribution in [2.24, 2.45) is 0 Å². The van der Waals surface area contributed by atoms with Crippen molar-refractivity contribution < 1.29 is 22.7 Å². The lowest BCUT2D eigenvalue weighted by Gasteiger charge is -2.35. The summed E-state index contributed by atoms with van der Waals surface area (Å²) in [6.45, 7) is 9.81. The molecule has 3 rings (SSSR count). The molecule has 1 aliphatic rings. The van der Waals surface area contributed by atoms with Crippen LogP contribution in [-0.4, -0.2) is 55.2 Å². The van der Waals surface area contributed by atoms with Crippen molar-refractivity contribution >= 4 is 33.2 Å². The number of ether oxygens (including phenoxy) is 1. The average Bonchev–Trinajstić information content (AvgIpc) is 2.72. The maximum absolute atomic E-state index is 12.8. The number of carbonyl (C=O) groups excluding carboxylic acids is 2. The van der Waals surface area contributed by atoms with E-state index in [1.54, 1.807) is 74.2 Å². The highest BCUT2D eigenvalue weighted by Gasteiger charge is 2.29. The lowest BCUT2D eigenvalue weighted by molar-refractivity contribution is -0.0586. The molecule has 8 nitrogen and oxygen atoms in total. The smallest absolute Gasteiger partial charge is 0.255 e. The van der Waals surface area contributed by atoms with Gasteiger partial charge in [0.1, 0.15) is 0 Å². The first-order chi connectivity index (χ1) is 15.4. The van der Waals surface area contributed by atoms with Crippen molar-refractivity contribution in [1.29, 1.82) is 0 Å². The molecular formula is C24H31N3O5S. The van der Waals surface area contributed by atoms with E-state index in [-0.39, 0.29) is 24.0 Å². The van der Waals surface area contributed by atoms with Gasteiger partial charge in [-0.1, -0.05) is 0 Å². The summed E-state index contributed by atoms with van der Waals surface area (Å²) < 4.78 is 31.8. The van der Waals surface area contributed by atoms with Crippen LogP contribution >= 0.6 is 0 Å². The summed E-state index contributed by atoms with van der Waals surface area (Å²) in [5.41, 5.74) is 1.86. The van der Waals surface area contributed by atoms with Crippen LogP contribution in [0.5, 0.6) is 0 Å². The van der Waals surface area contributed by atoms with Gasteiger partial charge in [0.2, 0.25) is 10.0 Å². The molecule has 0 spiro atoms. The van der Waals surface area contributed by atoms with Crippen LogP contribution in [0.2, 0.25) is 0 Å². The largest absolute Gasteiger partial charge is 0.372 e. The first-order valence-corrected chi connectivity index (χ1v) is 12.3. The number of sulfonamides is 1. The average molecular weight is 474 g/mol. The van der Waals surface area contributed by atoms with Crippen LogP contribution in [0, 0.1) is 0 Å². The molecule has 2 atom stereocenters. The quantitative estimate of drug-likeness (QED) is 0.689. The summed E-state index contributed by atoms with van der Waals surface area (Å²) in [6.07, 6.45) is -0.0159. The first kappa shape index (κ1) is 24.7. The van der Waals surface area contributed by atoms with E-state index in [9.17, 15) is 18.0 Å². The van der Waals surface area contributed by atoms with E-state index in [0.29, 0.717) is 35.6 Å². The monoisotopic (exact) mass is 473 g/mol. The van der Waals surface area contributed by atoms with Crippen LogP contribution in [-0.2, 0) is 14.8 Å². The molecule has 1 saturated heterocycles. The molecule has 0 aliphatic carbocycles. The van der Waals surface area contributed by atoms with Gasteiger partial charge in [0, 0.05) is 35.6 Å². The number of nitrogens with zero attached hydrogens (tertiary/aromatic N) is 1. The maximum atomic E-state index is 12.8. The normalized spacial score (nSPS) is 19.1. The zero-order chi connectivity index (χ0) is 24.4. The van der Waals surface area contributed by atoms with Gasteiger partial charge in [0.05, 0.1) is 17.0 Å². The summed E-state index contributed by atoms with van der Waals surface area (Å²) in [4.78, 5) is 27.1. The van der Waals surface area contributed by atoms with E-state index < -0.39 is 14.8 Å². The van der Waals surface area contributed by atoms with Crippen LogP contribution in [0.3, 0.4) is 0 Å². The Morgan fingerprint density at radius 3 is 1.88 bits per heavy atom. The number of hydrogen-bond acceptors (Lipinski definition) is 5. The Balaban J connectivity index is 1.62. The fourth-order valence-electron chi connectivity index (χ4n) is 3.42. The molecule has 2 amide bonds. The van der Waals surface area contributed by atoms with E-state index >= 15 is 0 Å². The predicted octanol–water partition coefficient (Wildman–Crippen LogP) is 3.73. The topological polar surface area (TPSA) is 105 Å². The summed E-state index contributed by atoms with van der Waals surface area (Å²) in [6, 6.07) is 12.9. The molecule has 9 heteroatoms. The third-order valence-corrected chi connectivity index (χ3v) is 7.42. The molecule has 178 valence electrons. The molecule has 2 aromatic rings. The molecule has 0 saturated carbocycles. The molecule has 33 heavy (non-hydrogen) atoms. The van der Waals surface area contributed by atoms with Crippen molar-refractivity contribution in [3.63, 3.8) is 0 Å². The van der Waals surface area contributed by atoms with Crippen LogP contribution in [0.1, 0.15) is 55.3 Å². The van der Waals surface area contributed by atoms with Gasteiger partial charge in [-0.15, -0.1) is 0 Å². The number of benzene rings is 2. The maximum Gasteiger partial charge on any atom is 0.255 e. The number of carbonyl (C=O) groups is 2. The Morgan fingerprint density at radius 1 is 0.879 bits per heavy atom. The van der Waals surface area contributed by atoms with Crippen molar-refractivity contribution in [2.45, 2.75) is 51.6 Å². The second kappa shape index (κ2) is 9.52. The fraction of sp³-hybridized carbons (Fsp3) is 0.417. The molecular weight excluding hydrogens is 442 g/mol. The number of nitrogens with one attached hydrogen (secondary N) is 2. The molecule has 1 fully saturated rings. The highest BCUT2D eigenvalue weighted by atomic mass is 32.2. The minimum Gasteiger partial charge on any atom is -0.372 e. The molecule has 0 bridgehead atoms. The molecule has 0 unspecified atom stereocenters. The number of anilines is 2. The summed E-state index contributed by atoms with van der Waals surface area (Å²) in [5, 5.41) is 2.79. The minimum absolute atomic E-state index is 0.00794. The van der Waals surface area contributed by atoms with Gasteiger partial charge in [0.25, 0.3) is 11.8 Å². The molecule has 1 aliphatic heterocycles. The highest BCUT2D eigenvalue weighted by Crippen LogP contribution is 2.21. The van der Waals surface area contributed by atoms with Crippen molar-refractivity contribution in [3.8, 4) is 0 Å². The van der Waals surface area contributed by atoms with Crippen LogP contribution in [0.4, 0.5) is 11.4 Å². The highest BCUT2D eigenvalue weighted by molar-refractivity contribution is 7.94. The first-order valence-electron chi connectivity index (χ1n) is 10.8. The van der Waals surface area contributed by atoms with Gasteiger partial charge in [-0.05, 0) is 83.1 Å². The van der Waals surface area contributed by atoms with Gasteiger partial charge in [-0.25, -0.2) is 8.42 Å². The van der Waals surface area contributed by atoms with E-state index in [0.717, 1.165) is 0 Å². The Labute approximate surface area is 195 Å². The zero-order valence-electron chi connectivity index (χ0n) is 19.6. The Kier molecular flexibility index (Phi) is 7.14. The lowest BCUT2D eigenvalue weighted by Crippen LogP contribution is -2.48. The summed E-state index contributed by atoms with van der Waals surface area (Å²) in [5.74, 6) is -0.404. The number of amides is 2. The Morgan fingerprint density at radius 2 is 1.36 bits per heavy atom. The summed E-state index contributed by atoms with van der Waals surface area (Å²) in [7, 11) is -3.55. The summed E-state index contributed by atoms with van der Waals surface area (Å²) >= 11 is 0. The van der Waals surface area contributed by atoms with Gasteiger partial charge in [-0.2, -0.15) is 0 Å². The molecule has 2 N–H and O–H groups in total. The predicted molar refractivity (Wildman–Crippen MR) is 129 cm³/mol. The minimum atomic E-state index is -3.55. The third-order valence-electron chi connectivity index (χ3n) is 5.30. The van der Waals surface area contributed by atoms with Crippen molar-refractivity contribution in [1.82, 2.24) is 4.90 Å². The molecule has 0 radical (unpaired) electrons. The van der Waals surface area contributed by atoms with Gasteiger partial charge < -0.3 is 15.0 Å². The van der Waals surface area contributed by atoms with E-state index in [2.05, 4.69) is 10.0 Å². The van der Waals surface area contributed by atoms with E-state index in [1.807, 2.05) is 13.8 Å². The van der Waals surface area contributed by atoms with Crippen LogP contribution < -0.4 is 10.0 Å². The third kappa shape index (κ3) is 6.11. The molecule has 0 aromatic heterocycles. The van der Waals surface area contributed by atoms with Crippen LogP contribution in [0.25, 0.3) is 0 Å². The standard InChI is InChI=1S/C24H31N3O5S/c1-16-14-27(15-17(2)32-16)23(29)19-8-10-20(11-9-19)25-22(28)18-6-12-21(13-7-18)26-33(30,31)24(3,4)5/h6-13,16-17,26H,14-15H2,1-5H3,(H,25,28)/t16-,17+. The lowest BCUT2D eigenvalue weighted by atomic mass is 10.1. The van der Waals surface area contributed by atoms with Crippen molar-refractivity contribution in [3.05, 3.63) is 59.7 Å². The molecule has 2 aromatic carbocycles.